The molecule has 0 radical (unpaired) electrons. The van der Waals surface area contributed by atoms with Crippen molar-refractivity contribution in [3.05, 3.63) is 51.7 Å². The highest BCUT2D eigenvalue weighted by molar-refractivity contribution is 5.92. The zero-order chi connectivity index (χ0) is 29.0. The lowest BCUT2D eigenvalue weighted by molar-refractivity contribution is -0.231. The molecule has 5 rings (SSSR count). The van der Waals surface area contributed by atoms with Crippen LogP contribution in [0.3, 0.4) is 0 Å². The van der Waals surface area contributed by atoms with Gasteiger partial charge in [0, 0.05) is 11.6 Å². The zero-order valence-electron chi connectivity index (χ0n) is 20.6. The van der Waals surface area contributed by atoms with E-state index in [-0.39, 0.29) is 11.5 Å². The Balaban J connectivity index is 1.81. The fourth-order valence-electron chi connectivity index (χ4n) is 5.11. The van der Waals surface area contributed by atoms with E-state index in [1.165, 1.54) is 24.3 Å². The van der Waals surface area contributed by atoms with Crippen LogP contribution in [0.4, 0.5) is 0 Å². The molecule has 2 saturated heterocycles. The van der Waals surface area contributed by atoms with E-state index in [1.54, 1.807) is 0 Å². The summed E-state index contributed by atoms with van der Waals surface area (Å²) < 4.78 is 16.9. The zero-order valence-corrected chi connectivity index (χ0v) is 20.6. The van der Waals surface area contributed by atoms with Gasteiger partial charge in [-0.25, -0.2) is 0 Å². The molecular formula is C26H28O14. The van der Waals surface area contributed by atoms with E-state index < -0.39 is 107 Å². The van der Waals surface area contributed by atoms with Gasteiger partial charge in [0.15, 0.2) is 11.0 Å². The number of rotatable bonds is 4. The van der Waals surface area contributed by atoms with Gasteiger partial charge in [0.2, 0.25) is 0 Å². The molecule has 0 bridgehead atoms. The Morgan fingerprint density at radius 3 is 2.08 bits per heavy atom. The van der Waals surface area contributed by atoms with Crippen molar-refractivity contribution in [1.29, 1.82) is 0 Å². The molecule has 40 heavy (non-hydrogen) atoms. The van der Waals surface area contributed by atoms with Gasteiger partial charge in [-0.15, -0.1) is 0 Å². The molecule has 3 aromatic rings. The lowest BCUT2D eigenvalue weighted by Crippen LogP contribution is -2.55. The summed E-state index contributed by atoms with van der Waals surface area (Å²) in [7, 11) is 0. The molecular weight excluding hydrogens is 536 g/mol. The molecule has 2 aliphatic rings. The summed E-state index contributed by atoms with van der Waals surface area (Å²) in [5.74, 6) is -2.00. The topological polar surface area (TPSA) is 251 Å². The Morgan fingerprint density at radius 1 is 0.775 bits per heavy atom. The van der Waals surface area contributed by atoms with Gasteiger partial charge in [-0.3, -0.25) is 4.79 Å². The summed E-state index contributed by atoms with van der Waals surface area (Å²) in [5, 5.41) is 104. The second-order valence-electron chi connectivity index (χ2n) is 9.80. The molecule has 0 amide bonds. The Morgan fingerprint density at radius 2 is 1.43 bits per heavy atom. The molecule has 14 nitrogen and oxygen atoms in total. The summed E-state index contributed by atoms with van der Waals surface area (Å²) in [6.45, 7) is -1.34. The summed E-state index contributed by atoms with van der Waals surface area (Å²) in [6, 6.07) is 6.47. The Bertz CT molecular complexity index is 1450. The van der Waals surface area contributed by atoms with Gasteiger partial charge in [-0.1, -0.05) is 0 Å². The van der Waals surface area contributed by atoms with Crippen molar-refractivity contribution in [2.24, 2.45) is 0 Å². The molecule has 2 aliphatic heterocycles. The quantitative estimate of drug-likeness (QED) is 0.169. The lowest BCUT2D eigenvalue weighted by atomic mass is 9.85. The Hall–Kier alpha value is -3.31. The highest BCUT2D eigenvalue weighted by atomic mass is 16.5. The van der Waals surface area contributed by atoms with Crippen LogP contribution < -0.4 is 5.43 Å². The molecule has 9 atom stereocenters. The molecule has 2 aromatic carbocycles. The first-order valence-corrected chi connectivity index (χ1v) is 12.3. The monoisotopic (exact) mass is 564 g/mol. The third-order valence-electron chi connectivity index (χ3n) is 7.31. The van der Waals surface area contributed by atoms with Crippen LogP contribution in [0, 0.1) is 0 Å². The average Bonchev–Trinajstić information content (AvgIpc) is 2.92. The van der Waals surface area contributed by atoms with Crippen LogP contribution >= 0.6 is 0 Å². The van der Waals surface area contributed by atoms with Crippen molar-refractivity contribution in [1.82, 2.24) is 0 Å². The van der Waals surface area contributed by atoms with Gasteiger partial charge in [0.05, 0.1) is 24.3 Å². The molecule has 216 valence electrons. The first kappa shape index (κ1) is 28.2. The van der Waals surface area contributed by atoms with Crippen LogP contribution in [-0.2, 0) is 9.47 Å². The average molecular weight is 564 g/mol. The van der Waals surface area contributed by atoms with Crippen molar-refractivity contribution in [2.45, 2.75) is 54.9 Å². The molecule has 3 heterocycles. The second-order valence-corrected chi connectivity index (χ2v) is 9.80. The standard InChI is InChI=1S/C26H28O14/c27-6-13-18(32)21(35)23(37)26(40-13)16-20(34)15(25-22(36)17(31)11(30)7-38-25)19(33)14-10(29)5-12(39-24(14)16)8-1-3-9(28)4-2-8/h1-5,11,13,17-18,21-23,25-28,30-37H,6-7H2/t11-,13-,17+,18-,21+,22-,23-,25+,26+/m1/s1. The van der Waals surface area contributed by atoms with Gasteiger partial charge in [0.25, 0.3) is 0 Å². The smallest absolute Gasteiger partial charge is 0.197 e. The van der Waals surface area contributed by atoms with E-state index in [2.05, 4.69) is 0 Å². The molecule has 0 unspecified atom stereocenters. The molecule has 2 fully saturated rings. The third kappa shape index (κ3) is 4.49. The number of aliphatic hydroxyl groups excluding tert-OH is 7. The maximum Gasteiger partial charge on any atom is 0.197 e. The normalized spacial score (nSPS) is 32.8. The predicted octanol–water partition coefficient (Wildman–Crippen LogP) is -1.75. The summed E-state index contributed by atoms with van der Waals surface area (Å²) >= 11 is 0. The Labute approximate surface area is 224 Å². The van der Waals surface area contributed by atoms with Crippen molar-refractivity contribution < 1.29 is 65.0 Å². The van der Waals surface area contributed by atoms with Gasteiger partial charge in [0.1, 0.15) is 83.3 Å². The highest BCUT2D eigenvalue weighted by Gasteiger charge is 2.48. The molecule has 0 saturated carbocycles. The van der Waals surface area contributed by atoms with Gasteiger partial charge >= 0.3 is 0 Å². The van der Waals surface area contributed by atoms with Crippen LogP contribution in [0.5, 0.6) is 17.2 Å². The largest absolute Gasteiger partial charge is 0.508 e. The number of ether oxygens (including phenoxy) is 2. The molecule has 10 N–H and O–H groups in total. The van der Waals surface area contributed by atoms with Crippen LogP contribution in [0.25, 0.3) is 22.3 Å². The highest BCUT2D eigenvalue weighted by Crippen LogP contribution is 2.50. The van der Waals surface area contributed by atoms with Crippen molar-refractivity contribution in [3.8, 4) is 28.6 Å². The Kier molecular flexibility index (Phi) is 7.47. The van der Waals surface area contributed by atoms with E-state index in [1.807, 2.05) is 0 Å². The maximum atomic E-state index is 13.4. The summed E-state index contributed by atoms with van der Waals surface area (Å²) in [5.41, 5.74) is -2.19. The minimum Gasteiger partial charge on any atom is -0.508 e. The predicted molar refractivity (Wildman–Crippen MR) is 132 cm³/mol. The molecule has 1 aromatic heterocycles. The minimum atomic E-state index is -1.96. The van der Waals surface area contributed by atoms with Crippen molar-refractivity contribution in [3.63, 3.8) is 0 Å². The minimum absolute atomic E-state index is 0.0767. The fraction of sp³-hybridized carbons (Fsp3) is 0.423. The number of aromatic hydroxyl groups is 3. The number of hydrogen-bond acceptors (Lipinski definition) is 14. The molecule has 0 aliphatic carbocycles. The third-order valence-corrected chi connectivity index (χ3v) is 7.31. The summed E-state index contributed by atoms with van der Waals surface area (Å²) in [6.07, 6.45) is -15.7. The number of fused-ring (bicyclic) bond motifs is 1. The van der Waals surface area contributed by atoms with Crippen molar-refractivity contribution >= 4 is 11.0 Å². The number of phenols is 3. The number of phenolic OH excluding ortho intramolecular Hbond substituents is 3. The van der Waals surface area contributed by atoms with Crippen LogP contribution in [-0.4, -0.2) is 107 Å². The van der Waals surface area contributed by atoms with Gasteiger partial charge in [-0.05, 0) is 24.3 Å². The van der Waals surface area contributed by atoms with Gasteiger partial charge in [-0.2, -0.15) is 0 Å². The van der Waals surface area contributed by atoms with Gasteiger partial charge < -0.3 is 65.0 Å². The van der Waals surface area contributed by atoms with Crippen LogP contribution in [0.1, 0.15) is 23.3 Å². The molecule has 0 spiro atoms. The van der Waals surface area contributed by atoms with E-state index in [4.69, 9.17) is 13.9 Å². The van der Waals surface area contributed by atoms with E-state index in [9.17, 15) is 55.9 Å². The first-order valence-electron chi connectivity index (χ1n) is 12.3. The number of hydrogen-bond donors (Lipinski definition) is 10. The molecule has 14 heteroatoms. The van der Waals surface area contributed by atoms with Crippen molar-refractivity contribution in [2.75, 3.05) is 13.2 Å². The second kappa shape index (κ2) is 10.6. The number of aliphatic hydroxyl groups is 7. The maximum absolute atomic E-state index is 13.4. The SMILES string of the molecule is O=c1cc(-c2ccc(O)cc2)oc2c([C@@H]3O[C@H](CO)[C@@H](O)[C@H](O)[C@H]3O)c(O)c([C@@H]3OC[C@@H](O)[C@H](O)[C@H]3O)c(O)c12. The van der Waals surface area contributed by atoms with Crippen LogP contribution in [0.2, 0.25) is 0 Å². The van der Waals surface area contributed by atoms with E-state index in [0.717, 1.165) is 6.07 Å². The van der Waals surface area contributed by atoms with Crippen LogP contribution in [0.15, 0.2) is 39.5 Å². The number of benzene rings is 2. The first-order chi connectivity index (χ1) is 19.0. The summed E-state index contributed by atoms with van der Waals surface area (Å²) in [4.78, 5) is 13.4. The fourth-order valence-corrected chi connectivity index (χ4v) is 5.11. The lowest BCUT2D eigenvalue weighted by Gasteiger charge is -2.41. The van der Waals surface area contributed by atoms with E-state index >= 15 is 0 Å². The van der Waals surface area contributed by atoms with E-state index in [0.29, 0.717) is 5.56 Å².